The molecular weight excluding hydrogens is 151 g/mol. The fourth-order valence-electron chi connectivity index (χ4n) is 0.652. The molecule has 0 aliphatic heterocycles. The summed E-state index contributed by atoms with van der Waals surface area (Å²) in [6.45, 7) is 0. The molecule has 0 saturated carbocycles. The Morgan fingerprint density at radius 2 is 2.00 bits per heavy atom. The number of hydrogen-bond acceptors (Lipinski definition) is 2. The van der Waals surface area contributed by atoms with E-state index < -0.39 is 8.03 Å². The van der Waals surface area contributed by atoms with Crippen LogP contribution in [0.3, 0.4) is 0 Å². The molecule has 4 heteroatoms. The third-order valence-electron chi connectivity index (χ3n) is 1.17. The van der Waals surface area contributed by atoms with Gasteiger partial charge < -0.3 is 4.79 Å². The quantitative estimate of drug-likeness (QED) is 0.366. The molecule has 0 aromatic heterocycles. The monoisotopic (exact) mass is 163 g/mol. The molecule has 10 heavy (non-hydrogen) atoms. The van der Waals surface area contributed by atoms with Crippen LogP contribution in [0.25, 0.3) is 0 Å². The zero-order chi connectivity index (χ0) is 7.82. The number of unbranched alkanes of at least 4 members (excludes halogenated alkanes) is 3. The van der Waals surface area contributed by atoms with Crippen molar-refractivity contribution in [3.8, 4) is 0 Å². The highest BCUT2D eigenvalue weighted by Crippen LogP contribution is 2.15. The number of carbonyl (C=O) groups is 1. The predicted octanol–water partition coefficient (Wildman–Crippen LogP) is 1.48. The number of rotatable bonds is 6. The highest BCUT2D eigenvalue weighted by molar-refractivity contribution is 7.37. The normalized spacial score (nSPS) is 11.1. The minimum Gasteiger partial charge on any atom is -0.303 e. The van der Waals surface area contributed by atoms with Crippen LogP contribution in [-0.4, -0.2) is 17.3 Å². The third kappa shape index (κ3) is 7.73. The summed E-state index contributed by atoms with van der Waals surface area (Å²) in [5.41, 5.74) is 0. The second-order valence-corrected chi connectivity index (χ2v) is 3.24. The van der Waals surface area contributed by atoms with Gasteiger partial charge in [-0.05, 0) is 23.8 Å². The fraction of sp³-hybridized carbons (Fsp3) is 0.833. The summed E-state index contributed by atoms with van der Waals surface area (Å²) in [5, 5.41) is 0. The van der Waals surface area contributed by atoms with Gasteiger partial charge in [0.25, 0.3) is 0 Å². The molecule has 0 aliphatic carbocycles. The second kappa shape index (κ2) is 6.84. The molecule has 0 saturated heterocycles. The molecule has 1 unspecified atom stereocenters. The van der Waals surface area contributed by atoms with Crippen molar-refractivity contribution in [2.75, 3.05) is 6.16 Å². The van der Waals surface area contributed by atoms with Gasteiger partial charge in [0.1, 0.15) is 6.29 Å². The molecule has 0 fully saturated rings. The van der Waals surface area contributed by atoms with Gasteiger partial charge in [-0.1, -0.05) is 0 Å². The number of aldehydes is 1. The maximum atomic E-state index is 10.1. The molecule has 0 radical (unpaired) electrons. The zero-order valence-corrected chi connectivity index (χ0v) is 6.72. The van der Waals surface area contributed by atoms with Crippen molar-refractivity contribution < 1.29 is 14.3 Å². The Kier molecular flexibility index (Phi) is 6.66. The summed E-state index contributed by atoms with van der Waals surface area (Å²) in [6, 6.07) is 0. The van der Waals surface area contributed by atoms with E-state index in [1.54, 1.807) is 0 Å². The Morgan fingerprint density at radius 3 is 2.50 bits per heavy atom. The molecule has 0 aromatic rings. The molecule has 0 heterocycles. The average molecular weight is 163 g/mol. The highest BCUT2D eigenvalue weighted by atomic mass is 31.1. The van der Waals surface area contributed by atoms with E-state index in [1.807, 2.05) is 0 Å². The van der Waals surface area contributed by atoms with E-state index in [9.17, 15) is 9.36 Å². The van der Waals surface area contributed by atoms with Crippen LogP contribution >= 0.6 is 8.03 Å². The molecule has 0 spiro atoms. The van der Waals surface area contributed by atoms with Crippen LogP contribution in [0.4, 0.5) is 0 Å². The van der Waals surface area contributed by atoms with E-state index in [0.717, 1.165) is 25.5 Å². The van der Waals surface area contributed by atoms with E-state index in [4.69, 9.17) is 4.89 Å². The Morgan fingerprint density at radius 1 is 1.30 bits per heavy atom. The van der Waals surface area contributed by atoms with Crippen LogP contribution in [0.5, 0.6) is 0 Å². The fourth-order valence-corrected chi connectivity index (χ4v) is 1.15. The van der Waals surface area contributed by atoms with Crippen LogP contribution in [0.2, 0.25) is 0 Å². The van der Waals surface area contributed by atoms with Crippen LogP contribution < -0.4 is 0 Å². The lowest BCUT2D eigenvalue weighted by Gasteiger charge is -1.87. The van der Waals surface area contributed by atoms with Gasteiger partial charge in [-0.3, -0.25) is 0 Å². The first-order valence-corrected chi connectivity index (χ1v) is 4.74. The number of hydrogen-bond donors (Lipinski definition) is 1. The van der Waals surface area contributed by atoms with Crippen molar-refractivity contribution in [1.82, 2.24) is 0 Å². The first-order chi connectivity index (χ1) is 4.77. The first-order valence-electron chi connectivity index (χ1n) is 3.34. The molecule has 0 bridgehead atoms. The lowest BCUT2D eigenvalue weighted by Crippen LogP contribution is -1.81. The Labute approximate surface area is 61.3 Å². The number of carbonyl (C=O) groups excluding carboxylic acids is 1. The summed E-state index contributed by atoms with van der Waals surface area (Å²) < 4.78 is 10.1. The summed E-state index contributed by atoms with van der Waals surface area (Å²) in [7, 11) is -1.96. The van der Waals surface area contributed by atoms with Gasteiger partial charge in [-0.2, -0.15) is 4.89 Å². The van der Waals surface area contributed by atoms with Gasteiger partial charge in [-0.15, -0.1) is 0 Å². The molecule has 0 amide bonds. The average Bonchev–Trinajstić information content (AvgIpc) is 1.87. The van der Waals surface area contributed by atoms with Crippen LogP contribution in [-0.2, 0) is 9.36 Å². The zero-order valence-electron chi connectivity index (χ0n) is 5.82. The van der Waals surface area contributed by atoms with E-state index >= 15 is 0 Å². The van der Waals surface area contributed by atoms with Gasteiger partial charge in [-0.25, -0.2) is 0 Å². The van der Waals surface area contributed by atoms with Crippen LogP contribution in [0, 0.1) is 0 Å². The minimum atomic E-state index is -1.96. The van der Waals surface area contributed by atoms with Gasteiger partial charge in [0, 0.05) is 6.42 Å². The Bertz CT molecular complexity index is 114. The van der Waals surface area contributed by atoms with E-state index in [-0.39, 0.29) is 0 Å². The lowest BCUT2D eigenvalue weighted by molar-refractivity contribution is -0.107. The summed E-state index contributed by atoms with van der Waals surface area (Å²) in [4.78, 5) is 18.1. The van der Waals surface area contributed by atoms with E-state index in [0.29, 0.717) is 12.6 Å². The molecule has 0 aliphatic rings. The topological polar surface area (TPSA) is 54.4 Å². The van der Waals surface area contributed by atoms with Crippen molar-refractivity contribution in [2.24, 2.45) is 0 Å². The Hall–Kier alpha value is -0.270. The van der Waals surface area contributed by atoms with E-state index in [2.05, 4.69) is 0 Å². The van der Waals surface area contributed by atoms with Gasteiger partial charge in [0.05, 0.1) is 0 Å². The van der Waals surface area contributed by atoms with Crippen molar-refractivity contribution in [2.45, 2.75) is 25.7 Å². The molecular formula is C6H12O3P+. The SMILES string of the molecule is O=CCCCCC[P+](=O)O. The first kappa shape index (κ1) is 9.73. The van der Waals surface area contributed by atoms with Crippen LogP contribution in [0.15, 0.2) is 0 Å². The second-order valence-electron chi connectivity index (χ2n) is 2.09. The van der Waals surface area contributed by atoms with Crippen LogP contribution in [0.1, 0.15) is 25.7 Å². The molecule has 0 aromatic carbocycles. The van der Waals surface area contributed by atoms with Crippen molar-refractivity contribution in [1.29, 1.82) is 0 Å². The van der Waals surface area contributed by atoms with Crippen molar-refractivity contribution >= 4 is 14.3 Å². The summed E-state index contributed by atoms with van der Waals surface area (Å²) in [5.74, 6) is 0. The molecule has 3 nitrogen and oxygen atoms in total. The van der Waals surface area contributed by atoms with Gasteiger partial charge in [0.2, 0.25) is 0 Å². The third-order valence-corrected chi connectivity index (χ3v) is 1.87. The smallest absolute Gasteiger partial charge is 0.303 e. The largest absolute Gasteiger partial charge is 0.505 e. The van der Waals surface area contributed by atoms with E-state index in [1.165, 1.54) is 0 Å². The molecule has 58 valence electrons. The molecule has 1 N–H and O–H groups in total. The minimum absolute atomic E-state index is 0.369. The molecule has 1 atom stereocenters. The van der Waals surface area contributed by atoms with Crippen molar-refractivity contribution in [3.63, 3.8) is 0 Å². The lowest BCUT2D eigenvalue weighted by atomic mass is 10.2. The van der Waals surface area contributed by atoms with Crippen molar-refractivity contribution in [3.05, 3.63) is 0 Å². The highest BCUT2D eigenvalue weighted by Gasteiger charge is 2.07. The van der Waals surface area contributed by atoms with Gasteiger partial charge in [0.15, 0.2) is 6.16 Å². The maximum absolute atomic E-state index is 10.1. The summed E-state index contributed by atoms with van der Waals surface area (Å²) in [6.07, 6.45) is 4.28. The molecule has 0 rings (SSSR count). The van der Waals surface area contributed by atoms with Gasteiger partial charge >= 0.3 is 8.03 Å². The predicted molar refractivity (Wildman–Crippen MR) is 39.2 cm³/mol. The Balaban J connectivity index is 2.90. The standard InChI is InChI=1S/C6H11O3P/c7-5-3-1-2-4-6-10(8)9/h5H,1-4,6H2/p+1. The summed E-state index contributed by atoms with van der Waals surface area (Å²) >= 11 is 0. The maximum Gasteiger partial charge on any atom is 0.505 e.